The van der Waals surface area contributed by atoms with Crippen LogP contribution in [0.2, 0.25) is 0 Å². The van der Waals surface area contributed by atoms with E-state index < -0.39 is 0 Å². The highest BCUT2D eigenvalue weighted by Gasteiger charge is 2.30. The fraction of sp³-hybridized carbons (Fsp3) is 0.533. The number of nitrogens with two attached hydrogens (primary N) is 1. The molecule has 0 saturated heterocycles. The van der Waals surface area contributed by atoms with Crippen molar-refractivity contribution >= 4 is 18.3 Å². The van der Waals surface area contributed by atoms with Crippen LogP contribution < -0.4 is 11.1 Å². The molecular weight excluding hydrogens is 260 g/mol. The van der Waals surface area contributed by atoms with E-state index in [0.717, 1.165) is 19.3 Å². The quantitative estimate of drug-likeness (QED) is 0.896. The van der Waals surface area contributed by atoms with Crippen molar-refractivity contribution in [3.05, 3.63) is 35.4 Å². The van der Waals surface area contributed by atoms with Crippen LogP contribution in [0.5, 0.6) is 0 Å². The molecule has 1 amide bonds. The summed E-state index contributed by atoms with van der Waals surface area (Å²) in [5, 5.41) is 3.09. The van der Waals surface area contributed by atoms with Crippen molar-refractivity contribution in [1.29, 1.82) is 0 Å². The second-order valence-electron chi connectivity index (χ2n) is 5.29. The first-order chi connectivity index (χ1) is 8.59. The Balaban J connectivity index is 0.00000180. The first-order valence-corrected chi connectivity index (χ1v) is 6.71. The molecule has 0 bridgehead atoms. The van der Waals surface area contributed by atoms with Gasteiger partial charge in [0.05, 0.1) is 12.0 Å². The molecule has 0 spiro atoms. The summed E-state index contributed by atoms with van der Waals surface area (Å²) in [5.74, 6) is 0.104. The lowest BCUT2D eigenvalue weighted by Crippen LogP contribution is -2.39. The third kappa shape index (κ3) is 3.71. The average Bonchev–Trinajstić information content (AvgIpc) is 2.76. The fourth-order valence-electron chi connectivity index (χ4n) is 2.79. The zero-order valence-electron chi connectivity index (χ0n) is 11.6. The van der Waals surface area contributed by atoms with E-state index in [4.69, 9.17) is 5.73 Å². The van der Waals surface area contributed by atoms with E-state index >= 15 is 0 Å². The summed E-state index contributed by atoms with van der Waals surface area (Å²) in [5.41, 5.74) is 8.35. The maximum atomic E-state index is 12.2. The summed E-state index contributed by atoms with van der Waals surface area (Å²) in [6.07, 6.45) is 2.96. The molecule has 0 aromatic heterocycles. The normalized spacial score (nSPS) is 23.5. The molecule has 1 aromatic carbocycles. The number of carbonyl (C=O) groups excluding carboxylic acids is 1. The Morgan fingerprint density at radius 3 is 2.63 bits per heavy atom. The lowest BCUT2D eigenvalue weighted by molar-refractivity contribution is -0.125. The SMILES string of the molecule is Cc1ccccc1C(C)NC(=O)C1CCCC1N.Cl. The molecule has 1 aromatic rings. The molecule has 3 atom stereocenters. The molecule has 1 fully saturated rings. The molecule has 106 valence electrons. The highest BCUT2D eigenvalue weighted by Crippen LogP contribution is 2.25. The summed E-state index contributed by atoms with van der Waals surface area (Å²) in [6.45, 7) is 4.10. The second kappa shape index (κ2) is 6.92. The van der Waals surface area contributed by atoms with Crippen LogP contribution in [0.3, 0.4) is 0 Å². The van der Waals surface area contributed by atoms with Crippen LogP contribution in [0, 0.1) is 12.8 Å². The number of hydrogen-bond donors (Lipinski definition) is 2. The number of benzene rings is 1. The fourth-order valence-corrected chi connectivity index (χ4v) is 2.79. The van der Waals surface area contributed by atoms with Gasteiger partial charge in [0.15, 0.2) is 0 Å². The van der Waals surface area contributed by atoms with Crippen molar-refractivity contribution in [2.75, 3.05) is 0 Å². The Morgan fingerprint density at radius 2 is 2.05 bits per heavy atom. The van der Waals surface area contributed by atoms with Crippen LogP contribution in [0.1, 0.15) is 43.4 Å². The summed E-state index contributed by atoms with van der Waals surface area (Å²) in [6, 6.07) is 8.24. The zero-order valence-corrected chi connectivity index (χ0v) is 12.4. The summed E-state index contributed by atoms with van der Waals surface area (Å²) in [4.78, 5) is 12.2. The topological polar surface area (TPSA) is 55.1 Å². The van der Waals surface area contributed by atoms with Gasteiger partial charge in [-0.3, -0.25) is 4.79 Å². The third-order valence-corrected chi connectivity index (χ3v) is 3.92. The molecular formula is C15H23ClN2O. The third-order valence-electron chi connectivity index (χ3n) is 3.92. The van der Waals surface area contributed by atoms with Crippen LogP contribution in [-0.4, -0.2) is 11.9 Å². The number of halogens is 1. The van der Waals surface area contributed by atoms with Crippen molar-refractivity contribution in [3.8, 4) is 0 Å². The standard InChI is InChI=1S/C15H22N2O.ClH/c1-10-6-3-4-7-12(10)11(2)17-15(18)13-8-5-9-14(13)16;/h3-4,6-7,11,13-14H,5,8-9,16H2,1-2H3,(H,17,18);1H. The Hall–Kier alpha value is -1.06. The van der Waals surface area contributed by atoms with Gasteiger partial charge in [-0.05, 0) is 37.8 Å². The van der Waals surface area contributed by atoms with Gasteiger partial charge in [-0.15, -0.1) is 12.4 Å². The predicted octanol–water partition coefficient (Wildman–Crippen LogP) is 2.72. The first-order valence-electron chi connectivity index (χ1n) is 6.71. The minimum absolute atomic E-state index is 0. The highest BCUT2D eigenvalue weighted by molar-refractivity contribution is 5.85. The molecule has 3 nitrogen and oxygen atoms in total. The summed E-state index contributed by atoms with van der Waals surface area (Å²) < 4.78 is 0. The molecule has 1 saturated carbocycles. The molecule has 3 N–H and O–H groups in total. The van der Waals surface area contributed by atoms with E-state index in [0.29, 0.717) is 0 Å². The van der Waals surface area contributed by atoms with Crippen molar-refractivity contribution in [3.63, 3.8) is 0 Å². The van der Waals surface area contributed by atoms with E-state index in [1.165, 1.54) is 11.1 Å². The van der Waals surface area contributed by atoms with Crippen LogP contribution in [0.4, 0.5) is 0 Å². The molecule has 1 aliphatic carbocycles. The number of amides is 1. The summed E-state index contributed by atoms with van der Waals surface area (Å²) in [7, 11) is 0. The van der Waals surface area contributed by atoms with Crippen LogP contribution in [0.25, 0.3) is 0 Å². The van der Waals surface area contributed by atoms with Gasteiger partial charge in [-0.25, -0.2) is 0 Å². The monoisotopic (exact) mass is 282 g/mol. The maximum absolute atomic E-state index is 12.2. The molecule has 0 heterocycles. The number of aryl methyl sites for hydroxylation is 1. The van der Waals surface area contributed by atoms with Gasteiger partial charge in [0.1, 0.15) is 0 Å². The van der Waals surface area contributed by atoms with Gasteiger partial charge in [-0.2, -0.15) is 0 Å². The van der Waals surface area contributed by atoms with E-state index in [1.807, 2.05) is 19.1 Å². The van der Waals surface area contributed by atoms with Crippen LogP contribution >= 0.6 is 12.4 Å². The average molecular weight is 283 g/mol. The first kappa shape index (κ1) is 16.0. The van der Waals surface area contributed by atoms with E-state index in [2.05, 4.69) is 24.4 Å². The van der Waals surface area contributed by atoms with Crippen LogP contribution in [-0.2, 0) is 4.79 Å². The van der Waals surface area contributed by atoms with E-state index in [1.54, 1.807) is 0 Å². The Bertz CT molecular complexity index is 436. The van der Waals surface area contributed by atoms with Gasteiger partial charge >= 0.3 is 0 Å². The lowest BCUT2D eigenvalue weighted by atomic mass is 9.99. The number of nitrogens with one attached hydrogen (secondary N) is 1. The van der Waals surface area contributed by atoms with E-state index in [9.17, 15) is 4.79 Å². The molecule has 0 radical (unpaired) electrons. The Labute approximate surface area is 121 Å². The smallest absolute Gasteiger partial charge is 0.225 e. The zero-order chi connectivity index (χ0) is 13.1. The van der Waals surface area contributed by atoms with E-state index in [-0.39, 0.29) is 36.3 Å². The largest absolute Gasteiger partial charge is 0.349 e. The Kier molecular flexibility index (Phi) is 5.83. The maximum Gasteiger partial charge on any atom is 0.225 e. The van der Waals surface area contributed by atoms with Crippen molar-refractivity contribution in [2.24, 2.45) is 11.7 Å². The molecule has 19 heavy (non-hydrogen) atoms. The molecule has 4 heteroatoms. The highest BCUT2D eigenvalue weighted by atomic mass is 35.5. The molecule has 1 aliphatic rings. The lowest BCUT2D eigenvalue weighted by Gasteiger charge is -2.21. The molecule has 0 aliphatic heterocycles. The molecule has 2 rings (SSSR count). The van der Waals surface area contributed by atoms with Gasteiger partial charge < -0.3 is 11.1 Å². The van der Waals surface area contributed by atoms with Crippen molar-refractivity contribution < 1.29 is 4.79 Å². The van der Waals surface area contributed by atoms with Crippen molar-refractivity contribution in [2.45, 2.75) is 45.2 Å². The van der Waals surface area contributed by atoms with Gasteiger partial charge in [0.2, 0.25) is 5.91 Å². The van der Waals surface area contributed by atoms with Gasteiger partial charge in [0.25, 0.3) is 0 Å². The number of hydrogen-bond acceptors (Lipinski definition) is 2. The minimum atomic E-state index is -0.00327. The predicted molar refractivity (Wildman–Crippen MR) is 80.3 cm³/mol. The minimum Gasteiger partial charge on any atom is -0.349 e. The number of carbonyl (C=O) groups is 1. The second-order valence-corrected chi connectivity index (χ2v) is 5.29. The molecule has 3 unspecified atom stereocenters. The Morgan fingerprint density at radius 1 is 1.37 bits per heavy atom. The van der Waals surface area contributed by atoms with Gasteiger partial charge in [0, 0.05) is 6.04 Å². The van der Waals surface area contributed by atoms with Crippen LogP contribution in [0.15, 0.2) is 24.3 Å². The number of rotatable bonds is 3. The van der Waals surface area contributed by atoms with Crippen molar-refractivity contribution in [1.82, 2.24) is 5.32 Å². The summed E-state index contributed by atoms with van der Waals surface area (Å²) >= 11 is 0. The van der Waals surface area contributed by atoms with Gasteiger partial charge in [-0.1, -0.05) is 30.7 Å².